The molecular formula is C12H15Cl2NO2S. The van der Waals surface area contributed by atoms with Gasteiger partial charge in [0.2, 0.25) is 0 Å². The van der Waals surface area contributed by atoms with E-state index in [0.717, 1.165) is 0 Å². The van der Waals surface area contributed by atoms with E-state index in [-0.39, 0.29) is 17.6 Å². The van der Waals surface area contributed by atoms with Crippen molar-refractivity contribution in [3.63, 3.8) is 0 Å². The van der Waals surface area contributed by atoms with Gasteiger partial charge in [-0.15, -0.1) is 22.9 Å². The van der Waals surface area contributed by atoms with Crippen LogP contribution in [0.2, 0.25) is 4.34 Å². The van der Waals surface area contributed by atoms with Gasteiger partial charge in [-0.2, -0.15) is 0 Å². The average Bonchev–Trinajstić information content (AvgIpc) is 2.72. The molecule has 0 aliphatic carbocycles. The van der Waals surface area contributed by atoms with Crippen LogP contribution in [0.1, 0.15) is 23.5 Å². The second kappa shape index (κ2) is 5.37. The van der Waals surface area contributed by atoms with E-state index < -0.39 is 0 Å². The van der Waals surface area contributed by atoms with E-state index in [2.05, 4.69) is 0 Å². The van der Waals surface area contributed by atoms with Crippen molar-refractivity contribution in [2.75, 3.05) is 19.0 Å². The Balaban J connectivity index is 2.14. The fourth-order valence-electron chi connectivity index (χ4n) is 2.12. The van der Waals surface area contributed by atoms with Crippen molar-refractivity contribution in [2.45, 2.75) is 25.6 Å². The Morgan fingerprint density at radius 2 is 2.33 bits per heavy atom. The molecule has 1 amide bonds. The number of thiophene rings is 1. The predicted octanol–water partition coefficient (Wildman–Crippen LogP) is 3.26. The van der Waals surface area contributed by atoms with Gasteiger partial charge in [0.15, 0.2) is 0 Å². The number of halogens is 2. The highest BCUT2D eigenvalue weighted by Crippen LogP contribution is 2.27. The van der Waals surface area contributed by atoms with Crippen LogP contribution in [-0.4, -0.2) is 41.5 Å². The summed E-state index contributed by atoms with van der Waals surface area (Å²) in [6.07, 6.45) is -0.116. The molecule has 1 atom stereocenters. The molecule has 0 N–H and O–H groups in total. The van der Waals surface area contributed by atoms with Crippen molar-refractivity contribution in [1.82, 2.24) is 4.90 Å². The molecule has 3 nitrogen and oxygen atoms in total. The van der Waals surface area contributed by atoms with Crippen molar-refractivity contribution >= 4 is 40.4 Å². The zero-order valence-electron chi connectivity index (χ0n) is 10.3. The summed E-state index contributed by atoms with van der Waals surface area (Å²) in [6.45, 7) is 5.02. The van der Waals surface area contributed by atoms with Crippen molar-refractivity contribution in [3.8, 4) is 0 Å². The quantitative estimate of drug-likeness (QED) is 0.785. The standard InChI is InChI=1S/C12H15Cl2NO2S/c1-12(2)7-15(6-8(5-13)17-12)11(16)9-3-4-10(14)18-9/h3-4,8H,5-7H2,1-2H3. The van der Waals surface area contributed by atoms with Gasteiger partial charge in [-0.05, 0) is 26.0 Å². The zero-order chi connectivity index (χ0) is 13.3. The minimum atomic E-state index is -0.367. The monoisotopic (exact) mass is 307 g/mol. The molecule has 2 rings (SSSR count). The lowest BCUT2D eigenvalue weighted by Crippen LogP contribution is -2.55. The molecule has 1 aliphatic heterocycles. The summed E-state index contributed by atoms with van der Waals surface area (Å²) in [6, 6.07) is 3.50. The minimum Gasteiger partial charge on any atom is -0.367 e. The van der Waals surface area contributed by atoms with E-state index in [1.165, 1.54) is 11.3 Å². The summed E-state index contributed by atoms with van der Waals surface area (Å²) >= 11 is 13.0. The number of alkyl halides is 1. The Hall–Kier alpha value is -0.290. The molecule has 0 radical (unpaired) electrons. The van der Waals surface area contributed by atoms with Gasteiger partial charge < -0.3 is 9.64 Å². The maximum Gasteiger partial charge on any atom is 0.264 e. The smallest absolute Gasteiger partial charge is 0.264 e. The first kappa shape index (κ1) is 14.1. The van der Waals surface area contributed by atoms with Gasteiger partial charge in [0.1, 0.15) is 0 Å². The number of rotatable bonds is 2. The summed E-state index contributed by atoms with van der Waals surface area (Å²) in [4.78, 5) is 14.8. The number of hydrogen-bond acceptors (Lipinski definition) is 3. The molecule has 2 heterocycles. The van der Waals surface area contributed by atoms with Crippen LogP contribution in [0.25, 0.3) is 0 Å². The average molecular weight is 308 g/mol. The Morgan fingerprint density at radius 3 is 2.89 bits per heavy atom. The number of nitrogens with zero attached hydrogens (tertiary/aromatic N) is 1. The zero-order valence-corrected chi connectivity index (χ0v) is 12.6. The van der Waals surface area contributed by atoms with Crippen LogP contribution < -0.4 is 0 Å². The normalized spacial score (nSPS) is 23.1. The first-order chi connectivity index (χ1) is 8.41. The fourth-order valence-corrected chi connectivity index (χ4v) is 3.29. The van der Waals surface area contributed by atoms with E-state index in [1.54, 1.807) is 17.0 Å². The molecule has 0 bridgehead atoms. The maximum absolute atomic E-state index is 12.3. The van der Waals surface area contributed by atoms with Crippen LogP contribution in [0.5, 0.6) is 0 Å². The molecule has 0 spiro atoms. The molecule has 1 saturated heterocycles. The highest BCUT2D eigenvalue weighted by molar-refractivity contribution is 7.17. The number of amides is 1. The van der Waals surface area contributed by atoms with Crippen LogP contribution in [0.15, 0.2) is 12.1 Å². The van der Waals surface area contributed by atoms with Crippen molar-refractivity contribution < 1.29 is 9.53 Å². The Bertz CT molecular complexity index is 447. The topological polar surface area (TPSA) is 29.5 Å². The third-order valence-corrected chi connectivity index (χ3v) is 4.29. The molecule has 1 unspecified atom stereocenters. The van der Waals surface area contributed by atoms with Gasteiger partial charge in [0, 0.05) is 13.1 Å². The molecule has 1 fully saturated rings. The maximum atomic E-state index is 12.3. The fraction of sp³-hybridized carbons (Fsp3) is 0.583. The van der Waals surface area contributed by atoms with Gasteiger partial charge in [-0.25, -0.2) is 0 Å². The molecule has 1 aromatic rings. The first-order valence-corrected chi connectivity index (χ1v) is 7.42. The van der Waals surface area contributed by atoms with Gasteiger partial charge in [-0.1, -0.05) is 11.6 Å². The number of carbonyl (C=O) groups is 1. The SMILES string of the molecule is CC1(C)CN(C(=O)c2ccc(Cl)s2)CC(CCl)O1. The van der Waals surface area contributed by atoms with E-state index in [0.29, 0.717) is 28.2 Å². The van der Waals surface area contributed by atoms with E-state index >= 15 is 0 Å². The number of carbonyl (C=O) groups excluding carboxylic acids is 1. The van der Waals surface area contributed by atoms with Crippen molar-refractivity contribution in [3.05, 3.63) is 21.3 Å². The molecule has 0 aromatic carbocycles. The number of morpholine rings is 1. The first-order valence-electron chi connectivity index (χ1n) is 5.70. The van der Waals surface area contributed by atoms with E-state index in [1.807, 2.05) is 13.8 Å². The molecule has 0 saturated carbocycles. The second-order valence-corrected chi connectivity index (χ2v) is 6.97. The van der Waals surface area contributed by atoms with E-state index in [4.69, 9.17) is 27.9 Å². The van der Waals surface area contributed by atoms with Gasteiger partial charge in [0.25, 0.3) is 5.91 Å². The van der Waals surface area contributed by atoms with Gasteiger partial charge >= 0.3 is 0 Å². The molecule has 100 valence electrons. The van der Waals surface area contributed by atoms with Gasteiger partial charge in [-0.3, -0.25) is 4.79 Å². The molecule has 1 aromatic heterocycles. The van der Waals surface area contributed by atoms with Crippen LogP contribution in [0.4, 0.5) is 0 Å². The summed E-state index contributed by atoms with van der Waals surface area (Å²) in [7, 11) is 0. The van der Waals surface area contributed by atoms with Gasteiger partial charge in [0.05, 0.1) is 26.8 Å². The molecule has 1 aliphatic rings. The third kappa shape index (κ3) is 3.18. The highest BCUT2D eigenvalue weighted by Gasteiger charge is 2.35. The predicted molar refractivity (Wildman–Crippen MR) is 74.9 cm³/mol. The largest absolute Gasteiger partial charge is 0.367 e. The Morgan fingerprint density at radius 1 is 1.61 bits per heavy atom. The second-order valence-electron chi connectivity index (χ2n) is 4.94. The molecule has 18 heavy (non-hydrogen) atoms. The third-order valence-electron chi connectivity index (χ3n) is 2.72. The highest BCUT2D eigenvalue weighted by atomic mass is 35.5. The Kier molecular flexibility index (Phi) is 4.22. The lowest BCUT2D eigenvalue weighted by Gasteiger charge is -2.42. The summed E-state index contributed by atoms with van der Waals surface area (Å²) in [5.41, 5.74) is -0.367. The van der Waals surface area contributed by atoms with Crippen molar-refractivity contribution in [2.24, 2.45) is 0 Å². The Labute approximate surface area is 121 Å². The van der Waals surface area contributed by atoms with Crippen molar-refractivity contribution in [1.29, 1.82) is 0 Å². The number of ether oxygens (including phenoxy) is 1. The lowest BCUT2D eigenvalue weighted by atomic mass is 10.1. The number of hydrogen-bond donors (Lipinski definition) is 0. The van der Waals surface area contributed by atoms with Crippen LogP contribution in [0, 0.1) is 0 Å². The van der Waals surface area contributed by atoms with Crippen LogP contribution in [-0.2, 0) is 4.74 Å². The minimum absolute atomic E-state index is 0.00149. The lowest BCUT2D eigenvalue weighted by molar-refractivity contribution is -0.117. The summed E-state index contributed by atoms with van der Waals surface area (Å²) < 4.78 is 6.42. The van der Waals surface area contributed by atoms with Crippen LogP contribution >= 0.6 is 34.5 Å². The molecular weight excluding hydrogens is 293 g/mol. The summed E-state index contributed by atoms with van der Waals surface area (Å²) in [5, 5.41) is 0. The van der Waals surface area contributed by atoms with E-state index in [9.17, 15) is 4.79 Å². The molecule has 6 heteroatoms. The summed E-state index contributed by atoms with van der Waals surface area (Å²) in [5.74, 6) is 0.386. The van der Waals surface area contributed by atoms with Crippen LogP contribution in [0.3, 0.4) is 0 Å².